The van der Waals surface area contributed by atoms with Gasteiger partial charge in [-0.3, -0.25) is 19.5 Å². The molecule has 0 unspecified atom stereocenters. The first-order valence-corrected chi connectivity index (χ1v) is 9.55. The van der Waals surface area contributed by atoms with Gasteiger partial charge in [0, 0.05) is 23.9 Å². The van der Waals surface area contributed by atoms with Crippen molar-refractivity contribution in [3.8, 4) is 11.5 Å². The zero-order valence-corrected chi connectivity index (χ0v) is 15.8. The molecule has 0 radical (unpaired) electrons. The van der Waals surface area contributed by atoms with Gasteiger partial charge in [0.1, 0.15) is 13.3 Å². The number of anilines is 1. The Balaban J connectivity index is 1.46. The van der Waals surface area contributed by atoms with Crippen molar-refractivity contribution in [3.63, 3.8) is 0 Å². The minimum absolute atomic E-state index is 0.0127. The highest BCUT2D eigenvalue weighted by Crippen LogP contribution is 2.35. The lowest BCUT2D eigenvalue weighted by Gasteiger charge is -2.25. The summed E-state index contributed by atoms with van der Waals surface area (Å²) in [4.78, 5) is 30.3. The quantitative estimate of drug-likeness (QED) is 0.479. The van der Waals surface area contributed by atoms with Crippen LogP contribution in [0.5, 0.6) is 11.5 Å². The predicted octanol–water partition coefficient (Wildman–Crippen LogP) is 1.43. The summed E-state index contributed by atoms with van der Waals surface area (Å²) in [6, 6.07) is 11.7. The highest BCUT2D eigenvalue weighted by atomic mass is 32.1. The Hall–Kier alpha value is -3.66. The molecule has 9 nitrogen and oxygen atoms in total. The number of benzene rings is 2. The van der Waals surface area contributed by atoms with Gasteiger partial charge in [0.2, 0.25) is 6.79 Å². The molecule has 0 spiro atoms. The van der Waals surface area contributed by atoms with Crippen molar-refractivity contribution in [2.45, 2.75) is 6.67 Å². The second kappa shape index (κ2) is 6.74. The summed E-state index contributed by atoms with van der Waals surface area (Å²) in [6.07, 6.45) is 1.72. The normalized spacial score (nSPS) is 15.2. The third kappa shape index (κ3) is 3.13. The molecular weight excluding hydrogens is 396 g/mol. The fraction of sp³-hybridized carbons (Fsp3) is 0.158. The van der Waals surface area contributed by atoms with Crippen molar-refractivity contribution in [1.82, 2.24) is 4.57 Å². The number of ether oxygens (including phenoxy) is 2. The summed E-state index contributed by atoms with van der Waals surface area (Å²) in [5, 5.41) is 10.8. The molecule has 0 N–H and O–H groups in total. The molecule has 10 heteroatoms. The number of nitro benzene ring substituents is 1. The summed E-state index contributed by atoms with van der Waals surface area (Å²) >= 11 is 1.31. The fourth-order valence-electron chi connectivity index (χ4n) is 3.20. The largest absolute Gasteiger partial charge is 0.454 e. The van der Waals surface area contributed by atoms with Crippen molar-refractivity contribution in [2.75, 3.05) is 18.4 Å². The molecule has 2 aliphatic rings. The Kier molecular flexibility index (Phi) is 4.06. The maximum atomic E-state index is 12.9. The lowest BCUT2D eigenvalue weighted by molar-refractivity contribution is -0.384. The van der Waals surface area contributed by atoms with Crippen molar-refractivity contribution in [1.29, 1.82) is 0 Å². The lowest BCUT2D eigenvalue weighted by Crippen LogP contribution is -2.42. The van der Waals surface area contributed by atoms with Gasteiger partial charge in [0.25, 0.3) is 11.2 Å². The SMILES string of the molecule is O=c1c(=Cc2ccc([N+](=O)[O-])cc2)sc2n1CN(c1ccc3c(c1)OCO3)CN=2. The van der Waals surface area contributed by atoms with Crippen LogP contribution in [0.25, 0.3) is 6.08 Å². The van der Waals surface area contributed by atoms with Crippen LogP contribution in [0.1, 0.15) is 5.56 Å². The topological polar surface area (TPSA) is 99.2 Å². The minimum atomic E-state index is -0.452. The Labute approximate surface area is 167 Å². The van der Waals surface area contributed by atoms with E-state index in [1.807, 2.05) is 23.1 Å². The van der Waals surface area contributed by atoms with E-state index in [2.05, 4.69) is 4.99 Å². The Morgan fingerprint density at radius 3 is 2.72 bits per heavy atom. The number of fused-ring (bicyclic) bond motifs is 2. The van der Waals surface area contributed by atoms with Crippen molar-refractivity contribution >= 4 is 28.8 Å². The number of aromatic nitrogens is 1. The molecule has 0 amide bonds. The molecule has 29 heavy (non-hydrogen) atoms. The van der Waals surface area contributed by atoms with E-state index in [0.717, 1.165) is 11.3 Å². The summed E-state index contributed by atoms with van der Waals surface area (Å²) in [7, 11) is 0. The van der Waals surface area contributed by atoms with Gasteiger partial charge in [-0.05, 0) is 35.9 Å². The summed E-state index contributed by atoms with van der Waals surface area (Å²) in [6.45, 7) is 1.01. The first-order valence-electron chi connectivity index (χ1n) is 8.73. The third-order valence-electron chi connectivity index (χ3n) is 4.70. The molecule has 0 bridgehead atoms. The predicted molar refractivity (Wildman–Crippen MR) is 106 cm³/mol. The van der Waals surface area contributed by atoms with Crippen molar-refractivity contribution < 1.29 is 14.4 Å². The minimum Gasteiger partial charge on any atom is -0.454 e. The standard InChI is InChI=1S/C19H14N4O5S/c24-18-17(7-12-1-3-13(4-2-12)23(25)26)29-19-20-9-21(10-22(18)19)14-5-6-15-16(8-14)28-11-27-15/h1-8H,9-11H2. The van der Waals surface area contributed by atoms with Crippen LogP contribution in [0.4, 0.5) is 11.4 Å². The van der Waals surface area contributed by atoms with Crippen LogP contribution in [-0.2, 0) is 6.67 Å². The molecular formula is C19H14N4O5S. The van der Waals surface area contributed by atoms with Gasteiger partial charge in [-0.15, -0.1) is 0 Å². The molecule has 3 aromatic rings. The molecule has 2 aliphatic heterocycles. The summed E-state index contributed by atoms with van der Waals surface area (Å²) in [5.74, 6) is 1.38. The lowest BCUT2D eigenvalue weighted by atomic mass is 10.2. The van der Waals surface area contributed by atoms with Gasteiger partial charge in [-0.1, -0.05) is 11.3 Å². The van der Waals surface area contributed by atoms with E-state index in [-0.39, 0.29) is 18.0 Å². The monoisotopic (exact) mass is 410 g/mol. The molecule has 5 rings (SSSR count). The van der Waals surface area contributed by atoms with Crippen LogP contribution in [0, 0.1) is 10.1 Å². The average molecular weight is 410 g/mol. The Bertz CT molecular complexity index is 1300. The molecule has 0 saturated heterocycles. The van der Waals surface area contributed by atoms with Crippen LogP contribution in [0.15, 0.2) is 52.3 Å². The van der Waals surface area contributed by atoms with E-state index < -0.39 is 4.92 Å². The second-order valence-corrected chi connectivity index (χ2v) is 7.50. The molecule has 2 aromatic carbocycles. The van der Waals surface area contributed by atoms with Gasteiger partial charge in [-0.2, -0.15) is 0 Å². The van der Waals surface area contributed by atoms with E-state index in [4.69, 9.17) is 9.47 Å². The highest BCUT2D eigenvalue weighted by Gasteiger charge is 2.19. The van der Waals surface area contributed by atoms with E-state index in [9.17, 15) is 14.9 Å². The average Bonchev–Trinajstić information content (AvgIpc) is 3.32. The van der Waals surface area contributed by atoms with Gasteiger partial charge >= 0.3 is 0 Å². The van der Waals surface area contributed by atoms with Crippen molar-refractivity contribution in [3.05, 3.63) is 77.8 Å². The van der Waals surface area contributed by atoms with E-state index in [0.29, 0.717) is 34.2 Å². The molecule has 0 atom stereocenters. The number of rotatable bonds is 3. The number of non-ortho nitro benzene ring substituents is 1. The molecule has 0 aliphatic carbocycles. The number of thiazole rings is 1. The van der Waals surface area contributed by atoms with E-state index in [1.54, 1.807) is 22.8 Å². The van der Waals surface area contributed by atoms with Gasteiger partial charge in [-0.25, -0.2) is 4.99 Å². The third-order valence-corrected chi connectivity index (χ3v) is 5.74. The maximum Gasteiger partial charge on any atom is 0.271 e. The Morgan fingerprint density at radius 2 is 1.93 bits per heavy atom. The highest BCUT2D eigenvalue weighted by molar-refractivity contribution is 7.07. The van der Waals surface area contributed by atoms with Gasteiger partial charge < -0.3 is 14.4 Å². The summed E-state index contributed by atoms with van der Waals surface area (Å²) in [5.41, 5.74) is 1.48. The molecule has 146 valence electrons. The number of nitrogens with zero attached hydrogens (tertiary/aromatic N) is 4. The molecule has 1 aromatic heterocycles. The van der Waals surface area contributed by atoms with Gasteiger partial charge in [0.05, 0.1) is 9.46 Å². The fourth-order valence-corrected chi connectivity index (χ4v) is 4.16. The maximum absolute atomic E-state index is 12.9. The van der Waals surface area contributed by atoms with E-state index in [1.165, 1.54) is 23.5 Å². The Morgan fingerprint density at radius 1 is 1.14 bits per heavy atom. The van der Waals surface area contributed by atoms with E-state index >= 15 is 0 Å². The summed E-state index contributed by atoms with van der Waals surface area (Å²) < 4.78 is 12.9. The van der Waals surface area contributed by atoms with Crippen molar-refractivity contribution in [2.24, 2.45) is 4.99 Å². The zero-order chi connectivity index (χ0) is 20.0. The molecule has 3 heterocycles. The number of nitro groups is 1. The first kappa shape index (κ1) is 17.4. The number of hydrogen-bond acceptors (Lipinski definition) is 8. The van der Waals surface area contributed by atoms with Crippen LogP contribution >= 0.6 is 11.3 Å². The van der Waals surface area contributed by atoms with Gasteiger partial charge in [0.15, 0.2) is 16.3 Å². The van der Waals surface area contributed by atoms with Crippen LogP contribution in [-0.4, -0.2) is 23.0 Å². The smallest absolute Gasteiger partial charge is 0.271 e. The first-order chi connectivity index (χ1) is 14.1. The second-order valence-electron chi connectivity index (χ2n) is 6.49. The van der Waals surface area contributed by atoms with Crippen LogP contribution in [0.3, 0.4) is 0 Å². The van der Waals surface area contributed by atoms with Crippen LogP contribution in [0.2, 0.25) is 0 Å². The van der Waals surface area contributed by atoms with Crippen LogP contribution < -0.4 is 29.3 Å². The molecule has 0 saturated carbocycles. The molecule has 0 fully saturated rings. The zero-order valence-electron chi connectivity index (χ0n) is 15.0. The number of hydrogen-bond donors (Lipinski definition) is 0.